The lowest BCUT2D eigenvalue weighted by molar-refractivity contribution is 0.780. The van der Waals surface area contributed by atoms with Crippen LogP contribution in [0.4, 0.5) is 0 Å². The van der Waals surface area contributed by atoms with E-state index in [1.807, 2.05) is 30.3 Å². The highest BCUT2D eigenvalue weighted by molar-refractivity contribution is 6.18. The second-order valence-corrected chi connectivity index (χ2v) is 3.53. The van der Waals surface area contributed by atoms with Crippen molar-refractivity contribution in [3.63, 3.8) is 0 Å². The van der Waals surface area contributed by atoms with Crippen molar-refractivity contribution >= 4 is 23.2 Å². The van der Waals surface area contributed by atoms with E-state index in [1.165, 1.54) is 0 Å². The Morgan fingerprint density at radius 1 is 1.07 bits per heavy atom. The highest BCUT2D eigenvalue weighted by atomic mass is 35.5. The van der Waals surface area contributed by atoms with Gasteiger partial charge in [0, 0.05) is 0 Å². The van der Waals surface area contributed by atoms with Crippen molar-refractivity contribution in [1.82, 2.24) is 15.0 Å². The van der Waals surface area contributed by atoms with E-state index in [1.54, 1.807) is 4.68 Å². The monoisotopic (exact) mass is 241 g/mol. The van der Waals surface area contributed by atoms with Crippen LogP contribution in [0.2, 0.25) is 0 Å². The number of benzene rings is 1. The van der Waals surface area contributed by atoms with Crippen LogP contribution in [-0.4, -0.2) is 15.0 Å². The molecule has 0 aliphatic heterocycles. The molecule has 0 N–H and O–H groups in total. The van der Waals surface area contributed by atoms with Crippen molar-refractivity contribution in [2.45, 2.75) is 11.8 Å². The number of halogens is 2. The van der Waals surface area contributed by atoms with Crippen molar-refractivity contribution in [1.29, 1.82) is 0 Å². The van der Waals surface area contributed by atoms with Crippen molar-refractivity contribution in [3.8, 4) is 5.69 Å². The molecule has 1 heterocycles. The van der Waals surface area contributed by atoms with E-state index in [9.17, 15) is 0 Å². The second kappa shape index (κ2) is 4.64. The molecule has 0 amide bonds. The predicted octanol–water partition coefficient (Wildman–Crippen LogP) is 2.74. The number of para-hydroxylation sites is 1. The van der Waals surface area contributed by atoms with Gasteiger partial charge in [-0.15, -0.1) is 28.3 Å². The SMILES string of the molecule is ClCc1nnn(-c2ccccc2)c1CCl. The topological polar surface area (TPSA) is 30.7 Å². The lowest BCUT2D eigenvalue weighted by Gasteiger charge is -2.03. The van der Waals surface area contributed by atoms with Crippen molar-refractivity contribution in [3.05, 3.63) is 41.7 Å². The van der Waals surface area contributed by atoms with Crippen LogP contribution in [0.5, 0.6) is 0 Å². The van der Waals surface area contributed by atoms with E-state index < -0.39 is 0 Å². The Morgan fingerprint density at radius 3 is 2.40 bits per heavy atom. The van der Waals surface area contributed by atoms with Crippen molar-refractivity contribution in [2.75, 3.05) is 0 Å². The first kappa shape index (κ1) is 10.5. The fourth-order valence-corrected chi connectivity index (χ4v) is 1.82. The molecular formula is C10H9Cl2N3. The van der Waals surface area contributed by atoms with E-state index in [0.717, 1.165) is 17.1 Å². The summed E-state index contributed by atoms with van der Waals surface area (Å²) in [4.78, 5) is 0. The number of hydrogen-bond donors (Lipinski definition) is 0. The van der Waals surface area contributed by atoms with Crippen LogP contribution >= 0.6 is 23.2 Å². The number of rotatable bonds is 3. The highest BCUT2D eigenvalue weighted by Gasteiger charge is 2.11. The Labute approximate surface area is 97.6 Å². The second-order valence-electron chi connectivity index (χ2n) is 3.00. The molecule has 0 aliphatic rings. The van der Waals surface area contributed by atoms with E-state index >= 15 is 0 Å². The Kier molecular flexibility index (Phi) is 3.23. The maximum Gasteiger partial charge on any atom is 0.102 e. The van der Waals surface area contributed by atoms with E-state index in [4.69, 9.17) is 23.2 Å². The van der Waals surface area contributed by atoms with Crippen molar-refractivity contribution in [2.24, 2.45) is 0 Å². The fourth-order valence-electron chi connectivity index (χ4n) is 1.35. The van der Waals surface area contributed by atoms with Gasteiger partial charge in [0.2, 0.25) is 0 Å². The summed E-state index contributed by atoms with van der Waals surface area (Å²) < 4.78 is 1.71. The summed E-state index contributed by atoms with van der Waals surface area (Å²) in [5.74, 6) is 0.679. The molecule has 15 heavy (non-hydrogen) atoms. The van der Waals surface area contributed by atoms with E-state index in [-0.39, 0.29) is 0 Å². The van der Waals surface area contributed by atoms with Gasteiger partial charge in [-0.05, 0) is 12.1 Å². The molecule has 0 radical (unpaired) electrons. The normalized spacial score (nSPS) is 10.5. The summed E-state index contributed by atoms with van der Waals surface area (Å²) in [6, 6.07) is 9.72. The Hall–Kier alpha value is -1.06. The number of aromatic nitrogens is 3. The van der Waals surface area contributed by atoms with Gasteiger partial charge in [0.05, 0.1) is 23.1 Å². The lowest BCUT2D eigenvalue weighted by Crippen LogP contribution is -2.01. The van der Waals surface area contributed by atoms with Gasteiger partial charge < -0.3 is 0 Å². The summed E-state index contributed by atoms with van der Waals surface area (Å²) in [5.41, 5.74) is 2.52. The van der Waals surface area contributed by atoms with Crippen LogP contribution in [0.25, 0.3) is 5.69 Å². The Balaban J connectivity index is 2.49. The van der Waals surface area contributed by atoms with Gasteiger partial charge in [0.15, 0.2) is 0 Å². The van der Waals surface area contributed by atoms with Gasteiger partial charge in [-0.3, -0.25) is 0 Å². The maximum atomic E-state index is 5.85. The summed E-state index contributed by atoms with van der Waals surface area (Å²) in [5, 5.41) is 8.00. The lowest BCUT2D eigenvalue weighted by atomic mass is 10.3. The predicted molar refractivity (Wildman–Crippen MR) is 60.5 cm³/mol. The van der Waals surface area contributed by atoms with Crippen LogP contribution in [-0.2, 0) is 11.8 Å². The molecule has 0 spiro atoms. The fraction of sp³-hybridized carbons (Fsp3) is 0.200. The molecule has 0 saturated heterocycles. The van der Waals surface area contributed by atoms with Crippen molar-refractivity contribution < 1.29 is 0 Å². The molecule has 0 atom stereocenters. The average molecular weight is 242 g/mol. The van der Waals surface area contributed by atoms with E-state index in [2.05, 4.69) is 10.3 Å². The Bertz CT molecular complexity index is 439. The zero-order valence-electron chi connectivity index (χ0n) is 7.90. The average Bonchev–Trinajstić information content (AvgIpc) is 2.72. The summed E-state index contributed by atoms with van der Waals surface area (Å²) >= 11 is 11.6. The number of alkyl halides is 2. The molecule has 5 heteroatoms. The maximum absolute atomic E-state index is 5.85. The van der Waals surface area contributed by atoms with Gasteiger partial charge in [-0.2, -0.15) is 0 Å². The van der Waals surface area contributed by atoms with Crippen LogP contribution in [0.3, 0.4) is 0 Å². The molecule has 1 aromatic carbocycles. The van der Waals surface area contributed by atoms with Gasteiger partial charge in [-0.1, -0.05) is 23.4 Å². The molecule has 2 rings (SSSR count). The third-order valence-corrected chi connectivity index (χ3v) is 2.60. The van der Waals surface area contributed by atoms with Crippen LogP contribution in [0.1, 0.15) is 11.4 Å². The first-order valence-electron chi connectivity index (χ1n) is 4.47. The first-order chi connectivity index (χ1) is 7.36. The van der Waals surface area contributed by atoms with Gasteiger partial charge in [0.25, 0.3) is 0 Å². The largest absolute Gasteiger partial charge is 0.216 e. The molecule has 1 aromatic heterocycles. The quantitative estimate of drug-likeness (QED) is 0.775. The molecule has 2 aromatic rings. The highest BCUT2D eigenvalue weighted by Crippen LogP contribution is 2.15. The smallest absolute Gasteiger partial charge is 0.102 e. The summed E-state index contributed by atoms with van der Waals surface area (Å²) in [6.07, 6.45) is 0. The van der Waals surface area contributed by atoms with Crippen LogP contribution in [0, 0.1) is 0 Å². The minimum atomic E-state index is 0.328. The molecule has 0 bridgehead atoms. The minimum Gasteiger partial charge on any atom is -0.216 e. The molecule has 0 unspecified atom stereocenters. The molecule has 0 saturated carbocycles. The third kappa shape index (κ3) is 1.98. The molecule has 3 nitrogen and oxygen atoms in total. The van der Waals surface area contributed by atoms with Gasteiger partial charge in [0.1, 0.15) is 5.69 Å². The summed E-state index contributed by atoms with van der Waals surface area (Å²) in [6.45, 7) is 0. The molecular weight excluding hydrogens is 233 g/mol. The summed E-state index contributed by atoms with van der Waals surface area (Å²) in [7, 11) is 0. The molecule has 78 valence electrons. The number of nitrogens with zero attached hydrogens (tertiary/aromatic N) is 3. The van der Waals surface area contributed by atoms with E-state index in [0.29, 0.717) is 11.8 Å². The molecule has 0 aliphatic carbocycles. The Morgan fingerprint density at radius 2 is 1.80 bits per heavy atom. The van der Waals surface area contributed by atoms with Gasteiger partial charge >= 0.3 is 0 Å². The van der Waals surface area contributed by atoms with Gasteiger partial charge in [-0.25, -0.2) is 4.68 Å². The zero-order chi connectivity index (χ0) is 10.7. The first-order valence-corrected chi connectivity index (χ1v) is 5.54. The standard InChI is InChI=1S/C10H9Cl2N3/c11-6-9-10(7-12)15(14-13-9)8-4-2-1-3-5-8/h1-5H,6-7H2. The number of hydrogen-bond acceptors (Lipinski definition) is 2. The third-order valence-electron chi connectivity index (χ3n) is 2.10. The minimum absolute atomic E-state index is 0.328. The molecule has 0 fully saturated rings. The van der Waals surface area contributed by atoms with Crippen LogP contribution in [0.15, 0.2) is 30.3 Å². The van der Waals surface area contributed by atoms with Crippen LogP contribution < -0.4 is 0 Å². The zero-order valence-corrected chi connectivity index (χ0v) is 9.41.